The zero-order valence-electron chi connectivity index (χ0n) is 16.9. The minimum Gasteiger partial charge on any atom is -0.491 e. The number of aliphatic hydroxyl groups excluding tert-OH is 1. The van der Waals surface area contributed by atoms with Crippen LogP contribution in [-0.4, -0.2) is 54.6 Å². The van der Waals surface area contributed by atoms with E-state index in [2.05, 4.69) is 10.1 Å². The molecule has 2 aromatic carbocycles. The summed E-state index contributed by atoms with van der Waals surface area (Å²) in [4.78, 5) is 26.2. The summed E-state index contributed by atoms with van der Waals surface area (Å²) in [5.74, 6) is 0.878. The van der Waals surface area contributed by atoms with Crippen molar-refractivity contribution in [3.05, 3.63) is 48.0 Å². The Morgan fingerprint density at radius 2 is 1.81 bits per heavy atom. The zero-order chi connectivity index (χ0) is 22.9. The lowest BCUT2D eigenvalue weighted by atomic mass is 9.92. The highest BCUT2D eigenvalue weighted by molar-refractivity contribution is 6.07. The van der Waals surface area contributed by atoms with Gasteiger partial charge >= 0.3 is 12.6 Å². The minimum atomic E-state index is -2.97. The van der Waals surface area contributed by atoms with Crippen molar-refractivity contribution < 1.29 is 42.4 Å². The van der Waals surface area contributed by atoms with Gasteiger partial charge in [0.05, 0.1) is 6.54 Å². The van der Waals surface area contributed by atoms with Crippen molar-refractivity contribution in [3.63, 3.8) is 0 Å². The second-order valence-corrected chi connectivity index (χ2v) is 7.35. The Hall–Kier alpha value is -3.60. The monoisotopic (exact) mass is 450 g/mol. The fraction of sp³-hybridized carbons (Fsp3) is 0.333. The number of hydrogen-bond acceptors (Lipinski definition) is 7. The molecule has 11 heteroatoms. The molecule has 2 aliphatic heterocycles. The lowest BCUT2D eigenvalue weighted by molar-refractivity contribution is -0.132. The number of β-amino-alcohol motifs (C(OH)–C–C–N with tert-alkyl or cyclic N) is 1. The van der Waals surface area contributed by atoms with E-state index in [0.717, 1.165) is 4.90 Å². The van der Waals surface area contributed by atoms with Crippen LogP contribution >= 0.6 is 0 Å². The number of rotatable bonds is 8. The third kappa shape index (κ3) is 4.24. The molecular formula is C21H20F2N2O7. The fourth-order valence-electron chi connectivity index (χ4n) is 3.45. The number of nitrogens with zero attached hydrogens (tertiary/aromatic N) is 1. The highest BCUT2D eigenvalue weighted by Gasteiger charge is 2.49. The molecular weight excluding hydrogens is 430 g/mol. The molecule has 1 fully saturated rings. The topological polar surface area (TPSA) is 107 Å². The van der Waals surface area contributed by atoms with Gasteiger partial charge in [0.1, 0.15) is 29.7 Å². The SMILES string of the molecule is CC1(c2ccc(OC(F)F)cc2)NC(=O)N(CC(O)COc2ccc3c(c2)OCO3)C1=O. The Bertz CT molecular complexity index is 1020. The van der Waals surface area contributed by atoms with Gasteiger partial charge in [-0.15, -0.1) is 0 Å². The Labute approximate surface area is 181 Å². The summed E-state index contributed by atoms with van der Waals surface area (Å²) in [7, 11) is 0. The van der Waals surface area contributed by atoms with E-state index in [9.17, 15) is 23.5 Å². The highest BCUT2D eigenvalue weighted by atomic mass is 19.3. The van der Waals surface area contributed by atoms with E-state index in [0.29, 0.717) is 22.8 Å². The molecule has 2 N–H and O–H groups in total. The maximum absolute atomic E-state index is 12.9. The average molecular weight is 450 g/mol. The number of urea groups is 1. The number of halogens is 2. The van der Waals surface area contributed by atoms with Crippen molar-refractivity contribution >= 4 is 11.9 Å². The van der Waals surface area contributed by atoms with Crippen LogP contribution in [0, 0.1) is 0 Å². The molecule has 0 aromatic heterocycles. The molecule has 0 bridgehead atoms. The molecule has 170 valence electrons. The van der Waals surface area contributed by atoms with Crippen molar-refractivity contribution in [2.45, 2.75) is 25.2 Å². The molecule has 3 amide bonds. The molecule has 2 atom stereocenters. The Morgan fingerprint density at radius 3 is 2.53 bits per heavy atom. The lowest BCUT2D eigenvalue weighted by Crippen LogP contribution is -2.42. The van der Waals surface area contributed by atoms with E-state index in [-0.39, 0.29) is 25.7 Å². The van der Waals surface area contributed by atoms with Gasteiger partial charge in [0.15, 0.2) is 11.5 Å². The summed E-state index contributed by atoms with van der Waals surface area (Å²) < 4.78 is 44.9. The maximum Gasteiger partial charge on any atom is 0.387 e. The average Bonchev–Trinajstić information content (AvgIpc) is 3.30. The van der Waals surface area contributed by atoms with Gasteiger partial charge in [-0.3, -0.25) is 9.69 Å². The van der Waals surface area contributed by atoms with Crippen LogP contribution in [0.25, 0.3) is 0 Å². The van der Waals surface area contributed by atoms with Crippen LogP contribution in [0.5, 0.6) is 23.0 Å². The van der Waals surface area contributed by atoms with E-state index < -0.39 is 30.2 Å². The summed E-state index contributed by atoms with van der Waals surface area (Å²) in [6, 6.07) is 9.63. The van der Waals surface area contributed by atoms with Gasteiger partial charge in [-0.2, -0.15) is 8.78 Å². The van der Waals surface area contributed by atoms with E-state index in [4.69, 9.17) is 14.2 Å². The molecule has 2 aliphatic rings. The van der Waals surface area contributed by atoms with E-state index in [1.807, 2.05) is 0 Å². The largest absolute Gasteiger partial charge is 0.491 e. The Balaban J connectivity index is 1.37. The van der Waals surface area contributed by atoms with E-state index in [1.54, 1.807) is 18.2 Å². The van der Waals surface area contributed by atoms with Gasteiger partial charge in [0.2, 0.25) is 6.79 Å². The van der Waals surface area contributed by atoms with Gasteiger partial charge in [0.25, 0.3) is 5.91 Å². The minimum absolute atomic E-state index is 0.0722. The van der Waals surface area contributed by atoms with Crippen LogP contribution in [0.2, 0.25) is 0 Å². The van der Waals surface area contributed by atoms with Gasteiger partial charge in [-0.1, -0.05) is 12.1 Å². The molecule has 2 heterocycles. The number of benzene rings is 2. The number of carbonyl (C=O) groups excluding carboxylic acids is 2. The molecule has 1 saturated heterocycles. The highest BCUT2D eigenvalue weighted by Crippen LogP contribution is 2.35. The molecule has 32 heavy (non-hydrogen) atoms. The molecule has 0 saturated carbocycles. The third-order valence-corrected chi connectivity index (χ3v) is 5.11. The third-order valence-electron chi connectivity index (χ3n) is 5.11. The van der Waals surface area contributed by atoms with E-state index in [1.165, 1.54) is 31.2 Å². The number of amides is 3. The first-order chi connectivity index (χ1) is 15.3. The van der Waals surface area contributed by atoms with Crippen LogP contribution in [0.3, 0.4) is 0 Å². The van der Waals surface area contributed by atoms with Crippen LogP contribution in [0.15, 0.2) is 42.5 Å². The predicted octanol–water partition coefficient (Wildman–Crippen LogP) is 2.22. The number of hydrogen-bond donors (Lipinski definition) is 2. The van der Waals surface area contributed by atoms with Crippen molar-refractivity contribution in [3.8, 4) is 23.0 Å². The predicted molar refractivity (Wildman–Crippen MR) is 105 cm³/mol. The van der Waals surface area contributed by atoms with Crippen LogP contribution in [0.1, 0.15) is 12.5 Å². The van der Waals surface area contributed by atoms with Crippen molar-refractivity contribution in [2.24, 2.45) is 0 Å². The quantitative estimate of drug-likeness (QED) is 0.594. The maximum atomic E-state index is 12.9. The first-order valence-corrected chi connectivity index (χ1v) is 9.66. The van der Waals surface area contributed by atoms with E-state index >= 15 is 0 Å². The van der Waals surface area contributed by atoms with Gasteiger partial charge in [0, 0.05) is 6.07 Å². The molecule has 4 rings (SSSR count). The second kappa shape index (κ2) is 8.50. The summed E-state index contributed by atoms with van der Waals surface area (Å²) in [5.41, 5.74) is -1.04. The summed E-state index contributed by atoms with van der Waals surface area (Å²) in [6.45, 7) is -1.83. The Morgan fingerprint density at radius 1 is 1.12 bits per heavy atom. The first kappa shape index (κ1) is 21.6. The summed E-state index contributed by atoms with van der Waals surface area (Å²) in [6.07, 6.45) is -1.15. The van der Waals surface area contributed by atoms with Gasteiger partial charge in [-0.25, -0.2) is 4.79 Å². The lowest BCUT2D eigenvalue weighted by Gasteiger charge is -2.23. The molecule has 0 spiro atoms. The Kier molecular flexibility index (Phi) is 5.74. The smallest absolute Gasteiger partial charge is 0.387 e. The van der Waals surface area contributed by atoms with Gasteiger partial charge in [-0.05, 0) is 36.8 Å². The number of fused-ring (bicyclic) bond motifs is 1. The second-order valence-electron chi connectivity index (χ2n) is 7.35. The number of nitrogens with one attached hydrogen (secondary N) is 1. The number of imide groups is 1. The molecule has 0 aliphatic carbocycles. The van der Waals surface area contributed by atoms with Crippen LogP contribution in [0.4, 0.5) is 13.6 Å². The number of carbonyl (C=O) groups is 2. The van der Waals surface area contributed by atoms with Crippen molar-refractivity contribution in [1.29, 1.82) is 0 Å². The van der Waals surface area contributed by atoms with Crippen LogP contribution in [-0.2, 0) is 10.3 Å². The van der Waals surface area contributed by atoms with Crippen molar-refractivity contribution in [2.75, 3.05) is 19.9 Å². The van der Waals surface area contributed by atoms with Gasteiger partial charge < -0.3 is 29.4 Å². The molecule has 2 unspecified atom stereocenters. The number of aliphatic hydroxyl groups is 1. The molecule has 0 radical (unpaired) electrons. The normalized spacial score (nSPS) is 20.5. The van der Waals surface area contributed by atoms with Crippen LogP contribution < -0.4 is 24.3 Å². The standard InChI is InChI=1S/C21H20F2N2O7/c1-21(12-2-4-14(5-3-12)32-19(22)23)18(27)25(20(28)24-21)9-13(26)10-29-15-6-7-16-17(8-15)31-11-30-16/h2-8,13,19,26H,9-11H2,1H3,(H,24,28). The van der Waals surface area contributed by atoms with Crippen molar-refractivity contribution in [1.82, 2.24) is 10.2 Å². The fourth-order valence-corrected chi connectivity index (χ4v) is 3.45. The number of ether oxygens (including phenoxy) is 4. The number of alkyl halides is 2. The first-order valence-electron chi connectivity index (χ1n) is 9.66. The molecule has 9 nitrogen and oxygen atoms in total. The molecule has 2 aromatic rings. The summed E-state index contributed by atoms with van der Waals surface area (Å²) in [5, 5.41) is 12.9. The summed E-state index contributed by atoms with van der Waals surface area (Å²) >= 11 is 0. The zero-order valence-corrected chi connectivity index (χ0v) is 16.9.